The van der Waals surface area contributed by atoms with E-state index in [9.17, 15) is 4.79 Å². The molecule has 1 amide bonds. The quantitative estimate of drug-likeness (QED) is 0.437. The van der Waals surface area contributed by atoms with Crippen molar-refractivity contribution < 1.29 is 9.53 Å². The second kappa shape index (κ2) is 9.73. The van der Waals surface area contributed by atoms with Crippen LogP contribution in [0.2, 0.25) is 0 Å². The van der Waals surface area contributed by atoms with Gasteiger partial charge in [-0.15, -0.1) is 0 Å². The molecule has 2 heterocycles. The van der Waals surface area contributed by atoms with Crippen molar-refractivity contribution in [2.24, 2.45) is 5.92 Å². The number of benzene rings is 2. The fraction of sp³-hybridized carbons (Fsp3) is 0.269. The number of hydrogen-bond donors (Lipinski definition) is 1. The average molecular weight is 444 g/mol. The Bertz CT molecular complexity index is 1240. The van der Waals surface area contributed by atoms with Gasteiger partial charge in [0.15, 0.2) is 0 Å². The van der Waals surface area contributed by atoms with E-state index in [1.54, 1.807) is 18.0 Å². The van der Waals surface area contributed by atoms with Gasteiger partial charge in [-0.3, -0.25) is 9.48 Å². The molecule has 33 heavy (non-hydrogen) atoms. The van der Waals surface area contributed by atoms with Gasteiger partial charge in [0.2, 0.25) is 0 Å². The third-order valence-corrected chi connectivity index (χ3v) is 5.52. The van der Waals surface area contributed by atoms with Crippen LogP contribution in [0.25, 0.3) is 16.9 Å². The first-order valence-corrected chi connectivity index (χ1v) is 11.0. The van der Waals surface area contributed by atoms with Crippen molar-refractivity contribution in [2.75, 3.05) is 13.7 Å². The van der Waals surface area contributed by atoms with Crippen LogP contribution in [0, 0.1) is 19.8 Å². The molecule has 0 aliphatic rings. The number of para-hydroxylation sites is 1. The molecule has 0 saturated carbocycles. The van der Waals surface area contributed by atoms with Gasteiger partial charge in [0.25, 0.3) is 5.91 Å². The molecule has 2 aromatic carbocycles. The van der Waals surface area contributed by atoms with Gasteiger partial charge in [-0.2, -0.15) is 10.2 Å². The molecule has 0 aliphatic heterocycles. The summed E-state index contributed by atoms with van der Waals surface area (Å²) in [7, 11) is 1.62. The van der Waals surface area contributed by atoms with E-state index in [-0.39, 0.29) is 11.8 Å². The molecule has 1 unspecified atom stereocenters. The smallest absolute Gasteiger partial charge is 0.255 e. The minimum Gasteiger partial charge on any atom is -0.497 e. The molecule has 4 aromatic rings. The number of amides is 1. The van der Waals surface area contributed by atoms with E-state index in [0.717, 1.165) is 29.2 Å². The summed E-state index contributed by atoms with van der Waals surface area (Å²) in [5, 5.41) is 12.3. The number of ether oxygens (including phenoxy) is 1. The van der Waals surface area contributed by atoms with Crippen molar-refractivity contribution in [2.45, 2.75) is 27.3 Å². The van der Waals surface area contributed by atoms with E-state index in [4.69, 9.17) is 9.84 Å². The van der Waals surface area contributed by atoms with Gasteiger partial charge in [0, 0.05) is 30.5 Å². The molecule has 0 aliphatic carbocycles. The van der Waals surface area contributed by atoms with Gasteiger partial charge in [-0.1, -0.05) is 37.3 Å². The highest BCUT2D eigenvalue weighted by Gasteiger charge is 2.20. The number of nitrogens with zero attached hydrogens (tertiary/aromatic N) is 4. The van der Waals surface area contributed by atoms with Crippen molar-refractivity contribution in [1.82, 2.24) is 24.9 Å². The van der Waals surface area contributed by atoms with E-state index in [1.807, 2.05) is 73.1 Å². The number of aromatic nitrogens is 4. The van der Waals surface area contributed by atoms with E-state index in [1.165, 1.54) is 0 Å². The summed E-state index contributed by atoms with van der Waals surface area (Å²) < 4.78 is 9.10. The Morgan fingerprint density at radius 2 is 1.85 bits per heavy atom. The highest BCUT2D eigenvalue weighted by molar-refractivity contribution is 6.00. The van der Waals surface area contributed by atoms with Crippen LogP contribution >= 0.6 is 0 Å². The van der Waals surface area contributed by atoms with Gasteiger partial charge >= 0.3 is 0 Å². The maximum absolute atomic E-state index is 13.2. The summed E-state index contributed by atoms with van der Waals surface area (Å²) in [5.41, 5.74) is 4.96. The third kappa shape index (κ3) is 5.14. The second-order valence-corrected chi connectivity index (χ2v) is 8.33. The summed E-state index contributed by atoms with van der Waals surface area (Å²) in [4.78, 5) is 13.2. The maximum Gasteiger partial charge on any atom is 0.255 e. The lowest BCUT2D eigenvalue weighted by Crippen LogP contribution is -2.30. The van der Waals surface area contributed by atoms with E-state index in [2.05, 4.69) is 23.4 Å². The van der Waals surface area contributed by atoms with E-state index < -0.39 is 0 Å². The molecule has 0 bridgehead atoms. The predicted octanol–water partition coefficient (Wildman–Crippen LogP) is 4.43. The largest absolute Gasteiger partial charge is 0.497 e. The Morgan fingerprint density at radius 3 is 2.55 bits per heavy atom. The highest BCUT2D eigenvalue weighted by atomic mass is 16.5. The molecule has 4 rings (SSSR count). The third-order valence-electron chi connectivity index (χ3n) is 5.52. The zero-order valence-electron chi connectivity index (χ0n) is 19.4. The first-order valence-electron chi connectivity index (χ1n) is 11.0. The highest BCUT2D eigenvalue weighted by Crippen LogP contribution is 2.27. The van der Waals surface area contributed by atoms with Crippen molar-refractivity contribution >= 4 is 5.91 Å². The minimum absolute atomic E-state index is 0.157. The van der Waals surface area contributed by atoms with Gasteiger partial charge < -0.3 is 10.1 Å². The van der Waals surface area contributed by atoms with Crippen molar-refractivity contribution in [3.8, 4) is 22.7 Å². The van der Waals surface area contributed by atoms with Crippen LogP contribution in [0.4, 0.5) is 0 Å². The van der Waals surface area contributed by atoms with Crippen LogP contribution in [0.1, 0.15) is 28.7 Å². The number of carbonyl (C=O) groups is 1. The molecule has 0 spiro atoms. The first kappa shape index (κ1) is 22.3. The standard InChI is InChI=1S/C26H29N5O2/c1-18(16-30-20(3)13-19(2)28-30)15-27-26(32)24-17-31(22-10-6-5-7-11-22)29-25(24)21-9-8-12-23(14-21)33-4/h5-14,17-18H,15-16H2,1-4H3,(H,27,32). The van der Waals surface area contributed by atoms with E-state index in [0.29, 0.717) is 23.6 Å². The number of rotatable bonds is 8. The Balaban J connectivity index is 1.57. The number of aryl methyl sites for hydroxylation is 2. The monoisotopic (exact) mass is 443 g/mol. The summed E-state index contributed by atoms with van der Waals surface area (Å²) in [6.45, 7) is 7.41. The molecule has 170 valence electrons. The molecular formula is C26H29N5O2. The molecule has 2 aromatic heterocycles. The molecule has 1 N–H and O–H groups in total. The van der Waals surface area contributed by atoms with Gasteiger partial charge in [-0.05, 0) is 50.1 Å². The lowest BCUT2D eigenvalue weighted by Gasteiger charge is -2.14. The number of carbonyl (C=O) groups excluding carboxylic acids is 1. The molecule has 1 atom stereocenters. The molecule has 7 heteroatoms. The molecular weight excluding hydrogens is 414 g/mol. The zero-order valence-corrected chi connectivity index (χ0v) is 19.4. The molecule has 0 saturated heterocycles. The fourth-order valence-electron chi connectivity index (χ4n) is 3.82. The summed E-state index contributed by atoms with van der Waals surface area (Å²) in [6.07, 6.45) is 1.78. The number of nitrogens with one attached hydrogen (secondary N) is 1. The van der Waals surface area contributed by atoms with Crippen molar-refractivity contribution in [3.63, 3.8) is 0 Å². The Kier molecular flexibility index (Phi) is 6.58. The van der Waals surface area contributed by atoms with E-state index >= 15 is 0 Å². The summed E-state index contributed by atoms with van der Waals surface area (Å²) >= 11 is 0. The lowest BCUT2D eigenvalue weighted by atomic mass is 10.1. The SMILES string of the molecule is COc1cccc(-c2nn(-c3ccccc3)cc2C(=O)NCC(C)Cn2nc(C)cc2C)c1. The van der Waals surface area contributed by atoms with Crippen LogP contribution in [0.5, 0.6) is 5.75 Å². The number of hydrogen-bond acceptors (Lipinski definition) is 4. The van der Waals surface area contributed by atoms with Gasteiger partial charge in [0.05, 0.1) is 24.1 Å². The van der Waals surface area contributed by atoms with Gasteiger partial charge in [0.1, 0.15) is 11.4 Å². The Morgan fingerprint density at radius 1 is 1.06 bits per heavy atom. The van der Waals surface area contributed by atoms with Crippen LogP contribution in [0.3, 0.4) is 0 Å². The first-order chi connectivity index (χ1) is 15.9. The lowest BCUT2D eigenvalue weighted by molar-refractivity contribution is 0.0947. The van der Waals surface area contributed by atoms with Gasteiger partial charge in [-0.25, -0.2) is 4.68 Å². The molecule has 0 radical (unpaired) electrons. The van der Waals surface area contributed by atoms with Crippen LogP contribution in [-0.2, 0) is 6.54 Å². The fourth-order valence-corrected chi connectivity index (χ4v) is 3.82. The van der Waals surface area contributed by atoms with Crippen molar-refractivity contribution in [1.29, 1.82) is 0 Å². The normalized spacial score (nSPS) is 11.9. The predicted molar refractivity (Wildman–Crippen MR) is 129 cm³/mol. The zero-order chi connectivity index (χ0) is 23.4. The van der Waals surface area contributed by atoms with Crippen LogP contribution < -0.4 is 10.1 Å². The van der Waals surface area contributed by atoms with Crippen LogP contribution in [0.15, 0.2) is 66.9 Å². The Labute approximate surface area is 194 Å². The summed E-state index contributed by atoms with van der Waals surface area (Å²) in [6, 6.07) is 19.4. The van der Waals surface area contributed by atoms with Crippen LogP contribution in [-0.4, -0.2) is 39.1 Å². The second-order valence-electron chi connectivity index (χ2n) is 8.33. The van der Waals surface area contributed by atoms with Crippen molar-refractivity contribution in [3.05, 3.63) is 83.8 Å². The average Bonchev–Trinajstić information content (AvgIpc) is 3.41. The topological polar surface area (TPSA) is 74.0 Å². The summed E-state index contributed by atoms with van der Waals surface area (Å²) in [5.74, 6) is 0.776. The number of methoxy groups -OCH3 is 1. The maximum atomic E-state index is 13.2. The Hall–Kier alpha value is -3.87. The molecule has 0 fully saturated rings. The molecule has 7 nitrogen and oxygen atoms in total. The minimum atomic E-state index is -0.157.